The molecule has 0 N–H and O–H groups in total. The number of rotatable bonds is 5. The van der Waals surface area contributed by atoms with Gasteiger partial charge in [-0.25, -0.2) is 0 Å². The first-order valence-electron chi connectivity index (χ1n) is 9.58. The van der Waals surface area contributed by atoms with Gasteiger partial charge in [-0.2, -0.15) is 0 Å². The number of fused-ring (bicyclic) bond motifs is 3. The molecule has 4 rings (SSSR count). The fourth-order valence-electron chi connectivity index (χ4n) is 4.05. The third-order valence-electron chi connectivity index (χ3n) is 5.19. The van der Waals surface area contributed by atoms with Crippen molar-refractivity contribution in [1.82, 2.24) is 4.90 Å². The Labute approximate surface area is 154 Å². The van der Waals surface area contributed by atoms with Gasteiger partial charge in [0, 0.05) is 19.6 Å². The smallest absolute Gasteiger partial charge is 0.190 e. The lowest BCUT2D eigenvalue weighted by molar-refractivity contribution is -0.243. The summed E-state index contributed by atoms with van der Waals surface area (Å²) in [5.41, 5.74) is 0. The van der Waals surface area contributed by atoms with Gasteiger partial charge in [0.15, 0.2) is 17.9 Å². The van der Waals surface area contributed by atoms with Crippen LogP contribution >= 0.6 is 0 Å². The molecule has 0 amide bonds. The first-order valence-corrected chi connectivity index (χ1v) is 9.58. The van der Waals surface area contributed by atoms with Gasteiger partial charge in [0.2, 0.25) is 0 Å². The van der Waals surface area contributed by atoms with Crippen molar-refractivity contribution in [2.24, 2.45) is 0 Å². The van der Waals surface area contributed by atoms with Crippen molar-refractivity contribution < 1.29 is 33.2 Å². The van der Waals surface area contributed by atoms with E-state index in [2.05, 4.69) is 4.90 Å². The van der Waals surface area contributed by atoms with Gasteiger partial charge in [-0.05, 0) is 27.7 Å². The van der Waals surface area contributed by atoms with Gasteiger partial charge in [0.1, 0.15) is 24.4 Å². The highest BCUT2D eigenvalue weighted by atomic mass is 16.9. The molecule has 5 atom stereocenters. The van der Waals surface area contributed by atoms with Gasteiger partial charge < -0.3 is 33.2 Å². The SMILES string of the molecule is CC1(C)OC2OC(COCCN3CCOCC3)C3OC(C)(C)OC3C2O1. The molecule has 0 bridgehead atoms. The molecule has 0 aromatic carbocycles. The second-order valence-corrected chi connectivity index (χ2v) is 8.24. The number of morpholine rings is 1. The van der Waals surface area contributed by atoms with Gasteiger partial charge in [-0.3, -0.25) is 4.90 Å². The molecule has 0 radical (unpaired) electrons. The van der Waals surface area contributed by atoms with Crippen molar-refractivity contribution in [3.05, 3.63) is 0 Å². The van der Waals surface area contributed by atoms with Crippen LogP contribution in [-0.4, -0.2) is 93.2 Å². The summed E-state index contributed by atoms with van der Waals surface area (Å²) >= 11 is 0. The molecule has 4 heterocycles. The highest BCUT2D eigenvalue weighted by molar-refractivity contribution is 5.00. The van der Waals surface area contributed by atoms with E-state index in [4.69, 9.17) is 33.2 Å². The van der Waals surface area contributed by atoms with Crippen molar-refractivity contribution in [1.29, 1.82) is 0 Å². The minimum Gasteiger partial charge on any atom is -0.379 e. The fraction of sp³-hybridized carbons (Fsp3) is 1.00. The monoisotopic (exact) mass is 373 g/mol. The maximum absolute atomic E-state index is 6.13. The fourth-order valence-corrected chi connectivity index (χ4v) is 4.05. The lowest BCUT2D eigenvalue weighted by Crippen LogP contribution is -2.56. The van der Waals surface area contributed by atoms with Crippen LogP contribution in [0.2, 0.25) is 0 Å². The largest absolute Gasteiger partial charge is 0.379 e. The molecule has 8 heteroatoms. The molecule has 0 spiro atoms. The molecule has 5 unspecified atom stereocenters. The Hall–Kier alpha value is -0.320. The molecule has 0 aliphatic carbocycles. The first-order chi connectivity index (χ1) is 12.3. The third kappa shape index (κ3) is 4.07. The summed E-state index contributed by atoms with van der Waals surface area (Å²) in [5.74, 6) is -1.36. The van der Waals surface area contributed by atoms with Crippen LogP contribution in [0.5, 0.6) is 0 Å². The molecule has 4 aliphatic rings. The maximum atomic E-state index is 6.13. The zero-order chi connectivity index (χ0) is 18.4. The summed E-state index contributed by atoms with van der Waals surface area (Å²) in [4.78, 5) is 2.35. The van der Waals surface area contributed by atoms with Crippen molar-refractivity contribution in [2.45, 2.75) is 70.0 Å². The topological polar surface area (TPSA) is 67.9 Å². The van der Waals surface area contributed by atoms with Crippen LogP contribution in [-0.2, 0) is 33.2 Å². The van der Waals surface area contributed by atoms with Crippen LogP contribution in [0.3, 0.4) is 0 Å². The molecular formula is C18H31NO7. The lowest BCUT2D eigenvalue weighted by Gasteiger charge is -2.37. The normalized spacial score (nSPS) is 41.8. The Bertz CT molecular complexity index is 494. The standard InChI is InChI=1S/C18H31NO7/c1-17(2)23-13-12(11-21-10-7-19-5-8-20-9-6-19)22-16-15(14(13)24-17)25-18(3,4)26-16/h12-16H,5-11H2,1-4H3. The highest BCUT2D eigenvalue weighted by Gasteiger charge is 2.60. The average Bonchev–Trinajstić information content (AvgIpc) is 3.06. The van der Waals surface area contributed by atoms with Gasteiger partial charge >= 0.3 is 0 Å². The number of ether oxygens (including phenoxy) is 7. The summed E-state index contributed by atoms with van der Waals surface area (Å²) in [6.45, 7) is 13.1. The summed E-state index contributed by atoms with van der Waals surface area (Å²) < 4.78 is 41.5. The van der Waals surface area contributed by atoms with Gasteiger partial charge in [-0.15, -0.1) is 0 Å². The number of hydrogen-bond donors (Lipinski definition) is 0. The van der Waals surface area contributed by atoms with Crippen LogP contribution in [0, 0.1) is 0 Å². The molecule has 0 aromatic heterocycles. The second-order valence-electron chi connectivity index (χ2n) is 8.24. The predicted molar refractivity (Wildman–Crippen MR) is 90.6 cm³/mol. The van der Waals surface area contributed by atoms with E-state index in [0.29, 0.717) is 13.2 Å². The molecule has 4 aliphatic heterocycles. The van der Waals surface area contributed by atoms with Crippen LogP contribution < -0.4 is 0 Å². The molecule has 0 saturated carbocycles. The maximum Gasteiger partial charge on any atom is 0.190 e. The molecular weight excluding hydrogens is 342 g/mol. The summed E-state index contributed by atoms with van der Waals surface area (Å²) in [7, 11) is 0. The van der Waals surface area contributed by atoms with Crippen LogP contribution in [0.25, 0.3) is 0 Å². The van der Waals surface area contributed by atoms with Crippen molar-refractivity contribution in [3.8, 4) is 0 Å². The van der Waals surface area contributed by atoms with E-state index >= 15 is 0 Å². The highest BCUT2D eigenvalue weighted by Crippen LogP contribution is 2.44. The minimum atomic E-state index is -0.692. The van der Waals surface area contributed by atoms with Crippen LogP contribution in [0.15, 0.2) is 0 Å². The van der Waals surface area contributed by atoms with E-state index in [9.17, 15) is 0 Å². The minimum absolute atomic E-state index is 0.224. The van der Waals surface area contributed by atoms with Crippen molar-refractivity contribution in [2.75, 3.05) is 46.1 Å². The Morgan fingerprint density at radius 3 is 2.31 bits per heavy atom. The summed E-state index contributed by atoms with van der Waals surface area (Å²) in [6.07, 6.45) is -1.45. The van der Waals surface area contributed by atoms with Crippen LogP contribution in [0.1, 0.15) is 27.7 Å². The van der Waals surface area contributed by atoms with Crippen molar-refractivity contribution in [3.63, 3.8) is 0 Å². The van der Waals surface area contributed by atoms with Gasteiger partial charge in [0.05, 0.1) is 26.4 Å². The molecule has 26 heavy (non-hydrogen) atoms. The molecule has 0 aromatic rings. The average molecular weight is 373 g/mol. The van der Waals surface area contributed by atoms with E-state index in [1.807, 2.05) is 27.7 Å². The van der Waals surface area contributed by atoms with E-state index in [-0.39, 0.29) is 24.4 Å². The van der Waals surface area contributed by atoms with E-state index < -0.39 is 17.9 Å². The molecule has 8 nitrogen and oxygen atoms in total. The van der Waals surface area contributed by atoms with E-state index in [0.717, 1.165) is 32.8 Å². The van der Waals surface area contributed by atoms with Crippen molar-refractivity contribution >= 4 is 0 Å². The van der Waals surface area contributed by atoms with E-state index in [1.54, 1.807) is 0 Å². The van der Waals surface area contributed by atoms with Gasteiger partial charge in [0.25, 0.3) is 0 Å². The molecule has 150 valence electrons. The zero-order valence-corrected chi connectivity index (χ0v) is 16.1. The molecule has 4 saturated heterocycles. The predicted octanol–water partition coefficient (Wildman–Crippen LogP) is 0.732. The zero-order valence-electron chi connectivity index (χ0n) is 16.1. The first kappa shape index (κ1) is 19.0. The summed E-state index contributed by atoms with van der Waals surface area (Å²) in [5, 5.41) is 0. The Balaban J connectivity index is 1.33. The van der Waals surface area contributed by atoms with Crippen LogP contribution in [0.4, 0.5) is 0 Å². The van der Waals surface area contributed by atoms with Gasteiger partial charge in [-0.1, -0.05) is 0 Å². The Morgan fingerprint density at radius 1 is 0.885 bits per heavy atom. The quantitative estimate of drug-likeness (QED) is 0.654. The third-order valence-corrected chi connectivity index (χ3v) is 5.19. The lowest BCUT2D eigenvalue weighted by atomic mass is 9.99. The number of nitrogens with zero attached hydrogens (tertiary/aromatic N) is 1. The van der Waals surface area contributed by atoms with E-state index in [1.165, 1.54) is 0 Å². The second kappa shape index (κ2) is 7.25. The Morgan fingerprint density at radius 2 is 1.54 bits per heavy atom. The molecule has 4 fully saturated rings. The number of hydrogen-bond acceptors (Lipinski definition) is 8. The summed E-state index contributed by atoms with van der Waals surface area (Å²) in [6, 6.07) is 0. The Kier molecular flexibility index (Phi) is 5.31.